The van der Waals surface area contributed by atoms with Crippen molar-refractivity contribution in [1.29, 1.82) is 0 Å². The fraction of sp³-hybridized carbons (Fsp3) is 0.115. The molecule has 0 saturated heterocycles. The van der Waals surface area contributed by atoms with Gasteiger partial charge in [-0.3, -0.25) is 0 Å². The number of nitrogens with zero attached hydrogens (tertiary/aromatic N) is 2. The molecule has 0 saturated carbocycles. The Morgan fingerprint density at radius 2 is 1.75 bits per heavy atom. The zero-order valence-electron chi connectivity index (χ0n) is 17.4. The van der Waals surface area contributed by atoms with Crippen LogP contribution in [0.5, 0.6) is 0 Å². The highest BCUT2D eigenvalue weighted by atomic mass is 19.1. The summed E-state index contributed by atoms with van der Waals surface area (Å²) in [7, 11) is 0. The molecule has 32 heavy (non-hydrogen) atoms. The molecule has 0 fully saturated rings. The molecular weight excluding hydrogens is 408 g/mol. The van der Waals surface area contributed by atoms with Crippen LogP contribution in [-0.2, 0) is 6.54 Å². The summed E-state index contributed by atoms with van der Waals surface area (Å²) in [5.41, 5.74) is 4.88. The minimum atomic E-state index is -0.816. The third-order valence-electron chi connectivity index (χ3n) is 5.79. The molecule has 3 aromatic carbocycles. The van der Waals surface area contributed by atoms with Gasteiger partial charge in [0, 0.05) is 18.0 Å². The molecule has 1 atom stereocenters. The highest BCUT2D eigenvalue weighted by molar-refractivity contribution is 5.90. The maximum atomic E-state index is 14.3. The molecule has 1 aliphatic rings. The van der Waals surface area contributed by atoms with Crippen LogP contribution in [0.4, 0.5) is 19.3 Å². The van der Waals surface area contributed by atoms with Crippen molar-refractivity contribution >= 4 is 11.7 Å². The van der Waals surface area contributed by atoms with Crippen LogP contribution in [-0.4, -0.2) is 15.5 Å². The molecule has 0 spiro atoms. The largest absolute Gasteiger partial charge is 0.323 e. The van der Waals surface area contributed by atoms with Crippen molar-refractivity contribution in [2.45, 2.75) is 19.5 Å². The fourth-order valence-corrected chi connectivity index (χ4v) is 4.22. The van der Waals surface area contributed by atoms with Crippen molar-refractivity contribution in [3.8, 4) is 5.69 Å². The van der Waals surface area contributed by atoms with Crippen LogP contribution < -0.4 is 5.32 Å². The smallest absolute Gasteiger partial charge is 0.318 e. The highest BCUT2D eigenvalue weighted by Crippen LogP contribution is 2.37. The molecule has 0 bridgehead atoms. The topological polar surface area (TPSA) is 37.3 Å². The van der Waals surface area contributed by atoms with Gasteiger partial charge in [0.1, 0.15) is 11.6 Å². The number of rotatable bonds is 2. The molecule has 4 nitrogen and oxygen atoms in total. The maximum Gasteiger partial charge on any atom is 0.323 e. The summed E-state index contributed by atoms with van der Waals surface area (Å²) >= 11 is 0. The first kappa shape index (κ1) is 20.0. The molecule has 6 heteroatoms. The lowest BCUT2D eigenvalue weighted by atomic mass is 10.0. The van der Waals surface area contributed by atoms with Gasteiger partial charge in [0.2, 0.25) is 0 Å². The molecule has 4 aromatic rings. The molecular formula is C26H21F2N3O. The standard InChI is InChI=1S/C26H21F2N3O/c1-17-8-10-18(11-9-17)25-24-7-4-14-30(24)23-6-3-2-5-19(23)16-31(25)26(32)29-22-13-12-20(27)15-21(22)28/h2-15,25H,16H2,1H3,(H,29,32)/t25-/m0/s1. The fourth-order valence-electron chi connectivity index (χ4n) is 4.22. The van der Waals surface area contributed by atoms with Crippen LogP contribution in [0, 0.1) is 18.6 Å². The number of hydrogen-bond donors (Lipinski definition) is 1. The summed E-state index contributed by atoms with van der Waals surface area (Å²) in [6.45, 7) is 2.34. The van der Waals surface area contributed by atoms with Crippen molar-refractivity contribution in [3.05, 3.63) is 119 Å². The summed E-state index contributed by atoms with van der Waals surface area (Å²) < 4.78 is 29.7. The van der Waals surface area contributed by atoms with E-state index >= 15 is 0 Å². The molecule has 0 aliphatic carbocycles. The number of carbonyl (C=O) groups excluding carboxylic acids is 1. The number of anilines is 1. The van der Waals surface area contributed by atoms with E-state index in [1.54, 1.807) is 4.90 Å². The monoisotopic (exact) mass is 429 g/mol. The first-order valence-electron chi connectivity index (χ1n) is 10.4. The number of amides is 2. The molecule has 1 aromatic heterocycles. The molecule has 160 valence electrons. The Bertz CT molecular complexity index is 1300. The van der Waals surface area contributed by atoms with E-state index in [1.165, 1.54) is 6.07 Å². The lowest BCUT2D eigenvalue weighted by molar-refractivity contribution is 0.194. The molecule has 0 unspecified atom stereocenters. The zero-order valence-corrected chi connectivity index (χ0v) is 17.4. The summed E-state index contributed by atoms with van der Waals surface area (Å²) in [4.78, 5) is 15.2. The Morgan fingerprint density at radius 3 is 2.53 bits per heavy atom. The van der Waals surface area contributed by atoms with Gasteiger partial charge in [0.25, 0.3) is 0 Å². The van der Waals surface area contributed by atoms with Crippen molar-refractivity contribution in [2.24, 2.45) is 0 Å². The van der Waals surface area contributed by atoms with Gasteiger partial charge in [0.15, 0.2) is 0 Å². The number of halogens is 2. The Balaban J connectivity index is 1.62. The Kier molecular flexibility index (Phi) is 4.98. The predicted octanol–water partition coefficient (Wildman–Crippen LogP) is 6.20. The van der Waals surface area contributed by atoms with E-state index in [9.17, 15) is 13.6 Å². The van der Waals surface area contributed by atoms with Crippen LogP contribution >= 0.6 is 0 Å². The predicted molar refractivity (Wildman–Crippen MR) is 120 cm³/mol. The Hall–Kier alpha value is -3.93. The summed E-state index contributed by atoms with van der Waals surface area (Å²) in [5, 5.41) is 2.64. The second-order valence-corrected chi connectivity index (χ2v) is 7.93. The number of nitrogens with one attached hydrogen (secondary N) is 1. The SMILES string of the molecule is Cc1ccc([C@H]2c3cccn3-c3ccccc3CN2C(=O)Nc2ccc(F)cc2F)cc1. The number of benzene rings is 3. The first-order valence-corrected chi connectivity index (χ1v) is 10.4. The first-order chi connectivity index (χ1) is 15.5. The Labute approximate surface area is 184 Å². The number of aromatic nitrogens is 1. The van der Waals surface area contributed by atoms with Crippen LogP contribution in [0.25, 0.3) is 5.69 Å². The number of para-hydroxylation sites is 1. The second-order valence-electron chi connectivity index (χ2n) is 7.93. The highest BCUT2D eigenvalue weighted by Gasteiger charge is 2.33. The molecule has 5 rings (SSSR count). The zero-order chi connectivity index (χ0) is 22.2. The summed E-state index contributed by atoms with van der Waals surface area (Å²) in [5.74, 6) is -1.51. The van der Waals surface area contributed by atoms with Gasteiger partial charge in [-0.25, -0.2) is 13.6 Å². The van der Waals surface area contributed by atoms with E-state index in [4.69, 9.17) is 0 Å². The van der Waals surface area contributed by atoms with Crippen LogP contribution in [0.1, 0.15) is 28.4 Å². The molecule has 0 radical (unpaired) electrons. The number of hydrogen-bond acceptors (Lipinski definition) is 1. The van der Waals surface area contributed by atoms with Crippen molar-refractivity contribution in [1.82, 2.24) is 9.47 Å². The number of fused-ring (bicyclic) bond motifs is 3. The molecule has 1 N–H and O–H groups in total. The van der Waals surface area contributed by atoms with Crippen molar-refractivity contribution in [3.63, 3.8) is 0 Å². The summed E-state index contributed by atoms with van der Waals surface area (Å²) in [6.07, 6.45) is 1.98. The third-order valence-corrected chi connectivity index (χ3v) is 5.79. The second kappa shape index (κ2) is 7.96. The van der Waals surface area contributed by atoms with Crippen molar-refractivity contribution in [2.75, 3.05) is 5.32 Å². The molecule has 2 heterocycles. The van der Waals surface area contributed by atoms with E-state index in [0.717, 1.165) is 40.2 Å². The average Bonchev–Trinajstić information content (AvgIpc) is 3.21. The maximum absolute atomic E-state index is 14.3. The van der Waals surface area contributed by atoms with E-state index < -0.39 is 23.7 Å². The van der Waals surface area contributed by atoms with Gasteiger partial charge in [-0.2, -0.15) is 0 Å². The Morgan fingerprint density at radius 1 is 0.969 bits per heavy atom. The van der Waals surface area contributed by atoms with Crippen LogP contribution in [0.3, 0.4) is 0 Å². The average molecular weight is 429 g/mol. The van der Waals surface area contributed by atoms with Gasteiger partial charge in [0.05, 0.1) is 24.0 Å². The van der Waals surface area contributed by atoms with Gasteiger partial charge >= 0.3 is 6.03 Å². The molecule has 2 amide bonds. The van der Waals surface area contributed by atoms with E-state index in [1.807, 2.05) is 73.8 Å². The van der Waals surface area contributed by atoms with Gasteiger partial charge in [-0.15, -0.1) is 0 Å². The lowest BCUT2D eigenvalue weighted by Crippen LogP contribution is -2.38. The number of aryl methyl sites for hydroxylation is 1. The van der Waals surface area contributed by atoms with Crippen molar-refractivity contribution < 1.29 is 13.6 Å². The number of urea groups is 1. The van der Waals surface area contributed by atoms with Crippen LogP contribution in [0.2, 0.25) is 0 Å². The van der Waals surface area contributed by atoms with Gasteiger partial charge in [-0.05, 0) is 48.4 Å². The number of carbonyl (C=O) groups is 1. The van der Waals surface area contributed by atoms with E-state index in [2.05, 4.69) is 9.88 Å². The minimum absolute atomic E-state index is 0.0630. The normalized spacial score (nSPS) is 15.0. The summed E-state index contributed by atoms with van der Waals surface area (Å²) in [6, 6.07) is 22.1. The van der Waals surface area contributed by atoms with Gasteiger partial charge < -0.3 is 14.8 Å². The minimum Gasteiger partial charge on any atom is -0.318 e. The van der Waals surface area contributed by atoms with Crippen LogP contribution in [0.15, 0.2) is 85.1 Å². The molecule has 1 aliphatic heterocycles. The quantitative estimate of drug-likeness (QED) is 0.405. The van der Waals surface area contributed by atoms with Gasteiger partial charge in [-0.1, -0.05) is 48.0 Å². The lowest BCUT2D eigenvalue weighted by Gasteiger charge is -2.31. The van der Waals surface area contributed by atoms with E-state index in [0.29, 0.717) is 6.54 Å². The van der Waals surface area contributed by atoms with E-state index in [-0.39, 0.29) is 5.69 Å². The third kappa shape index (κ3) is 3.54.